The van der Waals surface area contributed by atoms with Crippen molar-refractivity contribution in [3.8, 4) is 0 Å². The van der Waals surface area contributed by atoms with Crippen molar-refractivity contribution in [1.29, 1.82) is 0 Å². The number of ether oxygens (including phenoxy) is 1. The highest BCUT2D eigenvalue weighted by Gasteiger charge is 2.64. The molecule has 0 spiro atoms. The van der Waals surface area contributed by atoms with Gasteiger partial charge in [-0.3, -0.25) is 9.59 Å². The Balaban J connectivity index is 1.28. The average molecular weight is 375 g/mol. The Bertz CT molecular complexity index is 772. The van der Waals surface area contributed by atoms with E-state index < -0.39 is 0 Å². The Morgan fingerprint density at radius 2 is 1.96 bits per heavy atom. The van der Waals surface area contributed by atoms with E-state index in [1.807, 2.05) is 23.1 Å². The van der Waals surface area contributed by atoms with Gasteiger partial charge < -0.3 is 14.5 Å². The molecule has 2 saturated heterocycles. The lowest BCUT2D eigenvalue weighted by Gasteiger charge is -2.39. The molecule has 0 N–H and O–H groups in total. The summed E-state index contributed by atoms with van der Waals surface area (Å²) < 4.78 is 5.48. The summed E-state index contributed by atoms with van der Waals surface area (Å²) in [5.41, 5.74) is 2.34. The summed E-state index contributed by atoms with van der Waals surface area (Å²) >= 11 is 6.15. The molecular formula is C20H23ClN2O3. The van der Waals surface area contributed by atoms with Crippen molar-refractivity contribution in [1.82, 2.24) is 4.90 Å². The van der Waals surface area contributed by atoms with E-state index in [1.54, 1.807) is 0 Å². The first-order valence-electron chi connectivity index (χ1n) is 9.53. The number of carbonyl (C=O) groups excluding carboxylic acids is 2. The van der Waals surface area contributed by atoms with Crippen LogP contribution in [0.4, 0.5) is 5.69 Å². The molecule has 26 heavy (non-hydrogen) atoms. The van der Waals surface area contributed by atoms with Gasteiger partial charge in [0.15, 0.2) is 0 Å². The fourth-order valence-electron chi connectivity index (χ4n) is 5.64. The Morgan fingerprint density at radius 1 is 1.19 bits per heavy atom. The van der Waals surface area contributed by atoms with Crippen molar-refractivity contribution in [2.45, 2.75) is 25.9 Å². The molecule has 2 aliphatic heterocycles. The number of halogens is 1. The minimum Gasteiger partial charge on any atom is -0.462 e. The first-order valence-corrected chi connectivity index (χ1v) is 9.91. The molecule has 5 atom stereocenters. The van der Waals surface area contributed by atoms with Crippen molar-refractivity contribution >= 4 is 29.2 Å². The van der Waals surface area contributed by atoms with Gasteiger partial charge >= 0.3 is 5.97 Å². The summed E-state index contributed by atoms with van der Waals surface area (Å²) in [4.78, 5) is 29.6. The van der Waals surface area contributed by atoms with E-state index in [1.165, 1.54) is 5.56 Å². The lowest BCUT2D eigenvalue weighted by atomic mass is 9.79. The van der Waals surface area contributed by atoms with Gasteiger partial charge in [-0.1, -0.05) is 17.7 Å². The van der Waals surface area contributed by atoms with Gasteiger partial charge in [-0.25, -0.2) is 0 Å². The molecular weight excluding hydrogens is 352 g/mol. The van der Waals surface area contributed by atoms with Crippen LogP contribution in [0.1, 0.15) is 18.4 Å². The standard InChI is InChI=1S/C20H23ClN2O3/c1-11-2-3-13(21)10-15(11)22-4-6-23(7-5-22)19(24)17-12-8-14-16(9-12)26-20(25)18(14)17/h2-3,10,12,14,16-18H,4-9H2,1H3/t12-,14+,16-,17+,18-/m1/s1. The van der Waals surface area contributed by atoms with Crippen LogP contribution in [0.15, 0.2) is 18.2 Å². The van der Waals surface area contributed by atoms with Crippen LogP contribution in [0.3, 0.4) is 0 Å². The van der Waals surface area contributed by atoms with Crippen molar-refractivity contribution in [2.75, 3.05) is 31.1 Å². The Morgan fingerprint density at radius 3 is 2.73 bits per heavy atom. The van der Waals surface area contributed by atoms with E-state index in [0.29, 0.717) is 19.0 Å². The topological polar surface area (TPSA) is 49.9 Å². The average Bonchev–Trinajstić information content (AvgIpc) is 3.26. The molecule has 2 bridgehead atoms. The number of rotatable bonds is 2. The van der Waals surface area contributed by atoms with Crippen LogP contribution in [0.2, 0.25) is 5.02 Å². The van der Waals surface area contributed by atoms with Gasteiger partial charge in [0.25, 0.3) is 0 Å². The molecule has 0 radical (unpaired) electrons. The maximum absolute atomic E-state index is 13.2. The van der Waals surface area contributed by atoms with Crippen LogP contribution in [0.25, 0.3) is 0 Å². The van der Waals surface area contributed by atoms with E-state index in [9.17, 15) is 9.59 Å². The molecule has 1 amide bonds. The first kappa shape index (κ1) is 16.4. The monoisotopic (exact) mass is 374 g/mol. The lowest BCUT2D eigenvalue weighted by Crippen LogP contribution is -2.52. The molecule has 2 aliphatic carbocycles. The van der Waals surface area contributed by atoms with Crippen molar-refractivity contribution in [2.24, 2.45) is 23.7 Å². The van der Waals surface area contributed by atoms with Crippen LogP contribution in [-0.2, 0) is 14.3 Å². The third-order valence-corrected chi connectivity index (χ3v) is 7.11. The summed E-state index contributed by atoms with van der Waals surface area (Å²) in [5.74, 6) is 0.331. The minimum absolute atomic E-state index is 0.0872. The number of benzene rings is 1. The molecule has 2 saturated carbocycles. The van der Waals surface area contributed by atoms with Crippen molar-refractivity contribution in [3.63, 3.8) is 0 Å². The number of anilines is 1. The number of amides is 1. The molecule has 4 aliphatic rings. The fourth-order valence-corrected chi connectivity index (χ4v) is 5.81. The molecule has 1 aromatic rings. The predicted molar refractivity (Wildman–Crippen MR) is 98.1 cm³/mol. The highest BCUT2D eigenvalue weighted by atomic mass is 35.5. The van der Waals surface area contributed by atoms with E-state index in [0.717, 1.165) is 36.6 Å². The van der Waals surface area contributed by atoms with Gasteiger partial charge in [-0.15, -0.1) is 0 Å². The molecule has 138 valence electrons. The highest BCUT2D eigenvalue weighted by Crippen LogP contribution is 2.58. The fraction of sp³-hybridized carbons (Fsp3) is 0.600. The van der Waals surface area contributed by atoms with Crippen molar-refractivity contribution in [3.05, 3.63) is 28.8 Å². The van der Waals surface area contributed by atoms with Gasteiger partial charge in [0.1, 0.15) is 6.10 Å². The predicted octanol–water partition coefficient (Wildman–Crippen LogP) is 2.49. The van der Waals surface area contributed by atoms with Gasteiger partial charge in [-0.2, -0.15) is 0 Å². The maximum atomic E-state index is 13.2. The van der Waals surface area contributed by atoms with Gasteiger partial charge in [0.05, 0.1) is 11.8 Å². The normalized spacial score (nSPS) is 35.2. The number of nitrogens with zero attached hydrogens (tertiary/aromatic N) is 2. The third kappa shape index (κ3) is 2.36. The Labute approximate surface area is 158 Å². The molecule has 0 unspecified atom stereocenters. The second-order valence-electron chi connectivity index (χ2n) is 8.17. The zero-order valence-electron chi connectivity index (χ0n) is 14.9. The van der Waals surface area contributed by atoms with Crippen LogP contribution in [0, 0.1) is 30.6 Å². The van der Waals surface area contributed by atoms with Crippen LogP contribution in [-0.4, -0.2) is 49.1 Å². The number of fused-ring (bicyclic) bond motifs is 1. The van der Waals surface area contributed by atoms with E-state index in [-0.39, 0.29) is 35.7 Å². The van der Waals surface area contributed by atoms with Gasteiger partial charge in [-0.05, 0) is 43.4 Å². The first-order chi connectivity index (χ1) is 12.5. The number of aryl methyl sites for hydroxylation is 1. The number of piperazine rings is 1. The number of hydrogen-bond donors (Lipinski definition) is 0. The zero-order valence-corrected chi connectivity index (χ0v) is 15.6. The summed E-state index contributed by atoms with van der Waals surface area (Å²) in [6, 6.07) is 5.94. The quantitative estimate of drug-likeness (QED) is 0.746. The lowest BCUT2D eigenvalue weighted by molar-refractivity contribution is -0.148. The molecule has 0 aromatic heterocycles. The van der Waals surface area contributed by atoms with Crippen LogP contribution >= 0.6 is 11.6 Å². The second-order valence-corrected chi connectivity index (χ2v) is 8.60. The molecule has 6 heteroatoms. The third-order valence-electron chi connectivity index (χ3n) is 6.87. The summed E-state index contributed by atoms with van der Waals surface area (Å²) in [6.45, 7) is 5.07. The summed E-state index contributed by atoms with van der Waals surface area (Å²) in [6.07, 6.45) is 1.95. The van der Waals surface area contributed by atoms with Gasteiger partial charge in [0.2, 0.25) is 5.91 Å². The van der Waals surface area contributed by atoms with E-state index in [4.69, 9.17) is 16.3 Å². The molecule has 4 fully saturated rings. The van der Waals surface area contributed by atoms with Crippen molar-refractivity contribution < 1.29 is 14.3 Å². The minimum atomic E-state index is -0.181. The number of esters is 1. The Kier molecular flexibility index (Phi) is 3.71. The number of hydrogen-bond acceptors (Lipinski definition) is 4. The van der Waals surface area contributed by atoms with Gasteiger partial charge in [0, 0.05) is 42.8 Å². The van der Waals surface area contributed by atoms with Crippen LogP contribution < -0.4 is 4.90 Å². The zero-order chi connectivity index (χ0) is 18.0. The largest absolute Gasteiger partial charge is 0.462 e. The molecule has 2 heterocycles. The molecule has 5 rings (SSSR count). The van der Waals surface area contributed by atoms with E-state index in [2.05, 4.69) is 11.8 Å². The molecule has 5 nitrogen and oxygen atoms in total. The highest BCUT2D eigenvalue weighted by molar-refractivity contribution is 6.30. The number of carbonyl (C=O) groups is 2. The SMILES string of the molecule is Cc1ccc(Cl)cc1N1CCN(C(=O)[C@H]2[C@@H]3C[C@@H]4[C@H]2C(=O)O[C@@H]4C3)CC1. The van der Waals surface area contributed by atoms with Crippen LogP contribution in [0.5, 0.6) is 0 Å². The maximum Gasteiger partial charge on any atom is 0.310 e. The second kappa shape index (κ2) is 5.88. The molecule has 1 aromatic carbocycles. The Hall–Kier alpha value is -1.75. The summed E-state index contributed by atoms with van der Waals surface area (Å²) in [7, 11) is 0. The van der Waals surface area contributed by atoms with E-state index >= 15 is 0 Å². The summed E-state index contributed by atoms with van der Waals surface area (Å²) in [5, 5.41) is 0.736. The smallest absolute Gasteiger partial charge is 0.310 e.